The van der Waals surface area contributed by atoms with E-state index in [4.69, 9.17) is 10.00 Å². The first-order valence-corrected chi connectivity index (χ1v) is 3.40. The molecule has 9 heavy (non-hydrogen) atoms. The van der Waals surface area contributed by atoms with Crippen LogP contribution in [0.2, 0.25) is 0 Å². The highest BCUT2D eigenvalue weighted by molar-refractivity contribution is 5.12. The largest absolute Gasteiger partial charge is 0.371 e. The molecule has 0 aromatic heterocycles. The topological polar surface area (TPSA) is 36.3 Å². The summed E-state index contributed by atoms with van der Waals surface area (Å²) in [5.74, 6) is 0. The molecule has 0 radical (unpaired) electrons. The molecule has 1 atom stereocenters. The maximum absolute atomic E-state index is 8.72. The van der Waals surface area contributed by atoms with Gasteiger partial charge in [0.2, 0.25) is 0 Å². The van der Waals surface area contributed by atoms with Crippen molar-refractivity contribution in [3.63, 3.8) is 0 Å². The van der Waals surface area contributed by atoms with Gasteiger partial charge in [0.15, 0.2) is 0 Å². The Kier molecular flexibility index (Phi) is 0.866. The average Bonchev–Trinajstić information content (AvgIpc) is 2.47. The Morgan fingerprint density at radius 1 is 1.56 bits per heavy atom. The average molecular weight is 123 g/mol. The van der Waals surface area contributed by atoms with Gasteiger partial charge in [-0.2, -0.15) is 5.26 Å². The van der Waals surface area contributed by atoms with Gasteiger partial charge < -0.3 is 4.74 Å². The first kappa shape index (κ1) is 5.25. The number of hydrogen-bond donors (Lipinski definition) is 0. The van der Waals surface area contributed by atoms with E-state index in [0.29, 0.717) is 6.10 Å². The molecule has 2 aliphatic rings. The van der Waals surface area contributed by atoms with E-state index in [1.54, 1.807) is 0 Å². The smallest absolute Gasteiger partial charge is 0.0995 e. The van der Waals surface area contributed by atoms with Crippen LogP contribution in [0.25, 0.3) is 0 Å². The van der Waals surface area contributed by atoms with Crippen molar-refractivity contribution in [3.8, 4) is 6.07 Å². The fraction of sp³-hybridized carbons (Fsp3) is 0.857. The molecule has 0 spiro atoms. The maximum Gasteiger partial charge on any atom is 0.0995 e. The molecular weight excluding hydrogens is 114 g/mol. The molecule has 1 saturated heterocycles. The standard InChI is InChI=1S/C7H9NO/c8-5-7(2-1-3-7)6-4-9-6/h6H,1-4H2. The minimum absolute atomic E-state index is 0.0417. The van der Waals surface area contributed by atoms with Crippen molar-refractivity contribution in [2.24, 2.45) is 5.41 Å². The molecule has 2 heteroatoms. The van der Waals surface area contributed by atoms with Gasteiger partial charge in [-0.15, -0.1) is 0 Å². The van der Waals surface area contributed by atoms with Crippen LogP contribution in [0, 0.1) is 16.7 Å². The summed E-state index contributed by atoms with van der Waals surface area (Å²) in [5, 5.41) is 8.72. The molecule has 2 fully saturated rings. The van der Waals surface area contributed by atoms with E-state index in [1.807, 2.05) is 0 Å². The van der Waals surface area contributed by atoms with Crippen molar-refractivity contribution in [2.45, 2.75) is 25.4 Å². The minimum Gasteiger partial charge on any atom is -0.371 e. The third-order valence-corrected chi connectivity index (χ3v) is 2.42. The van der Waals surface area contributed by atoms with E-state index in [9.17, 15) is 0 Å². The van der Waals surface area contributed by atoms with Gasteiger partial charge in [0.1, 0.15) is 0 Å². The minimum atomic E-state index is -0.0417. The third kappa shape index (κ3) is 0.585. The van der Waals surface area contributed by atoms with Gasteiger partial charge in [-0.25, -0.2) is 0 Å². The number of nitrogens with zero attached hydrogens (tertiary/aromatic N) is 1. The van der Waals surface area contributed by atoms with Crippen LogP contribution in [0.5, 0.6) is 0 Å². The molecule has 0 bridgehead atoms. The summed E-state index contributed by atoms with van der Waals surface area (Å²) in [6.45, 7) is 0.827. The number of nitriles is 1. The van der Waals surface area contributed by atoms with Crippen LogP contribution < -0.4 is 0 Å². The van der Waals surface area contributed by atoms with Gasteiger partial charge in [-0.3, -0.25) is 0 Å². The summed E-state index contributed by atoms with van der Waals surface area (Å²) in [6.07, 6.45) is 3.65. The summed E-state index contributed by atoms with van der Waals surface area (Å²) in [5.41, 5.74) is -0.0417. The van der Waals surface area contributed by atoms with Crippen LogP contribution in [0.15, 0.2) is 0 Å². The fourth-order valence-electron chi connectivity index (χ4n) is 1.43. The zero-order valence-electron chi connectivity index (χ0n) is 5.26. The molecule has 2 nitrogen and oxygen atoms in total. The van der Waals surface area contributed by atoms with Crippen molar-refractivity contribution >= 4 is 0 Å². The normalized spacial score (nSPS) is 36.6. The van der Waals surface area contributed by atoms with Crippen LogP contribution in [0.1, 0.15) is 19.3 Å². The monoisotopic (exact) mass is 123 g/mol. The van der Waals surface area contributed by atoms with Crippen LogP contribution in [-0.2, 0) is 4.74 Å². The third-order valence-electron chi connectivity index (χ3n) is 2.42. The summed E-state index contributed by atoms with van der Waals surface area (Å²) in [7, 11) is 0. The van der Waals surface area contributed by atoms with Crippen molar-refractivity contribution in [1.82, 2.24) is 0 Å². The van der Waals surface area contributed by atoms with Gasteiger partial charge >= 0.3 is 0 Å². The van der Waals surface area contributed by atoms with Crippen molar-refractivity contribution in [1.29, 1.82) is 5.26 Å². The lowest BCUT2D eigenvalue weighted by atomic mass is 9.68. The predicted molar refractivity (Wildman–Crippen MR) is 31.6 cm³/mol. The molecule has 0 N–H and O–H groups in total. The molecule has 1 aliphatic carbocycles. The molecule has 0 aromatic rings. The van der Waals surface area contributed by atoms with Gasteiger partial charge in [0, 0.05) is 0 Å². The van der Waals surface area contributed by atoms with Gasteiger partial charge in [0.05, 0.1) is 24.2 Å². The summed E-state index contributed by atoms with van der Waals surface area (Å²) < 4.78 is 5.08. The van der Waals surface area contributed by atoms with Crippen molar-refractivity contribution in [2.75, 3.05) is 6.61 Å². The second kappa shape index (κ2) is 1.48. The Bertz CT molecular complexity index is 162. The highest BCUT2D eigenvalue weighted by Gasteiger charge is 2.51. The number of epoxide rings is 1. The van der Waals surface area contributed by atoms with E-state index in [0.717, 1.165) is 19.4 Å². The second-order valence-electron chi connectivity index (χ2n) is 2.94. The van der Waals surface area contributed by atoms with Gasteiger partial charge in [-0.05, 0) is 12.8 Å². The first-order valence-electron chi connectivity index (χ1n) is 3.40. The Hall–Kier alpha value is -0.550. The summed E-state index contributed by atoms with van der Waals surface area (Å²) >= 11 is 0. The van der Waals surface area contributed by atoms with E-state index in [1.165, 1.54) is 6.42 Å². The number of ether oxygens (including phenoxy) is 1. The maximum atomic E-state index is 8.72. The Morgan fingerprint density at radius 3 is 2.33 bits per heavy atom. The Labute approximate surface area is 54.4 Å². The molecule has 1 heterocycles. The lowest BCUT2D eigenvalue weighted by Crippen LogP contribution is -2.33. The molecule has 0 amide bonds. The number of hydrogen-bond acceptors (Lipinski definition) is 2. The molecule has 1 aliphatic heterocycles. The molecule has 48 valence electrons. The Morgan fingerprint density at radius 2 is 2.22 bits per heavy atom. The Balaban J connectivity index is 2.10. The highest BCUT2D eigenvalue weighted by atomic mass is 16.6. The van der Waals surface area contributed by atoms with Crippen molar-refractivity contribution in [3.05, 3.63) is 0 Å². The van der Waals surface area contributed by atoms with Gasteiger partial charge in [0.25, 0.3) is 0 Å². The van der Waals surface area contributed by atoms with E-state index >= 15 is 0 Å². The number of rotatable bonds is 1. The zero-order chi connectivity index (χ0) is 6.32. The first-order chi connectivity index (χ1) is 4.37. The lowest BCUT2D eigenvalue weighted by Gasteiger charge is -2.33. The second-order valence-corrected chi connectivity index (χ2v) is 2.94. The van der Waals surface area contributed by atoms with Crippen molar-refractivity contribution < 1.29 is 4.74 Å². The zero-order valence-corrected chi connectivity index (χ0v) is 5.26. The molecule has 1 saturated carbocycles. The van der Waals surface area contributed by atoms with Crippen LogP contribution in [-0.4, -0.2) is 12.7 Å². The molecule has 2 rings (SSSR count). The van der Waals surface area contributed by atoms with E-state index in [2.05, 4.69) is 6.07 Å². The predicted octanol–water partition coefficient (Wildman–Crippen LogP) is 1.08. The van der Waals surface area contributed by atoms with Gasteiger partial charge in [-0.1, -0.05) is 6.42 Å². The van der Waals surface area contributed by atoms with E-state index in [-0.39, 0.29) is 5.41 Å². The molecule has 1 unspecified atom stereocenters. The van der Waals surface area contributed by atoms with Crippen LogP contribution in [0.3, 0.4) is 0 Å². The highest BCUT2D eigenvalue weighted by Crippen LogP contribution is 2.48. The summed E-state index contributed by atoms with van der Waals surface area (Å²) in [4.78, 5) is 0. The quantitative estimate of drug-likeness (QED) is 0.489. The van der Waals surface area contributed by atoms with Crippen LogP contribution in [0.4, 0.5) is 0 Å². The SMILES string of the molecule is N#CC1(C2CO2)CCC1. The molecular formula is C7H9NO. The van der Waals surface area contributed by atoms with E-state index < -0.39 is 0 Å². The lowest BCUT2D eigenvalue weighted by molar-refractivity contribution is 0.153. The van der Waals surface area contributed by atoms with Crippen LogP contribution >= 0.6 is 0 Å². The summed E-state index contributed by atoms with van der Waals surface area (Å²) in [6, 6.07) is 2.35. The fourth-order valence-corrected chi connectivity index (χ4v) is 1.43. The molecule has 0 aromatic carbocycles.